The summed E-state index contributed by atoms with van der Waals surface area (Å²) in [6.07, 6.45) is 1.60. The third-order valence-electron chi connectivity index (χ3n) is 4.82. The summed E-state index contributed by atoms with van der Waals surface area (Å²) in [6, 6.07) is 25.3. The van der Waals surface area contributed by atoms with Crippen LogP contribution in [0.5, 0.6) is 11.5 Å². The SMILES string of the molecule is O=C(COc1ccccc1/C=C1\SC(=O)N(CCOc2ccccc2)C1=O)Nc1ccccc1. The molecule has 34 heavy (non-hydrogen) atoms. The molecule has 0 spiro atoms. The molecule has 0 bridgehead atoms. The molecule has 0 radical (unpaired) electrons. The predicted molar refractivity (Wildman–Crippen MR) is 132 cm³/mol. The largest absolute Gasteiger partial charge is 0.492 e. The fraction of sp³-hybridized carbons (Fsp3) is 0.115. The summed E-state index contributed by atoms with van der Waals surface area (Å²) < 4.78 is 11.3. The molecule has 1 aliphatic rings. The van der Waals surface area contributed by atoms with E-state index < -0.39 is 0 Å². The second-order valence-corrected chi connectivity index (χ2v) is 8.23. The quantitative estimate of drug-likeness (QED) is 0.448. The summed E-state index contributed by atoms with van der Waals surface area (Å²) in [5.74, 6) is 0.417. The fourth-order valence-corrected chi connectivity index (χ4v) is 4.05. The molecular weight excluding hydrogens is 452 g/mol. The Bertz CT molecular complexity index is 1200. The standard InChI is InChI=1S/C26H22N2O5S/c29-24(27-20-10-3-1-4-11-20)18-33-22-14-8-7-9-19(22)17-23-25(30)28(26(31)34-23)15-16-32-21-12-5-2-6-13-21/h1-14,17H,15-16,18H2,(H,27,29)/b23-17-. The van der Waals surface area contributed by atoms with Gasteiger partial charge < -0.3 is 14.8 Å². The van der Waals surface area contributed by atoms with Crippen LogP contribution < -0.4 is 14.8 Å². The molecule has 172 valence electrons. The van der Waals surface area contributed by atoms with Gasteiger partial charge in [0.25, 0.3) is 17.1 Å². The molecule has 1 N–H and O–H groups in total. The Hall–Kier alpha value is -4.04. The van der Waals surface area contributed by atoms with Crippen molar-refractivity contribution in [2.45, 2.75) is 0 Å². The number of imide groups is 1. The molecule has 1 fully saturated rings. The van der Waals surface area contributed by atoms with Crippen LogP contribution in [0.4, 0.5) is 10.5 Å². The number of carbonyl (C=O) groups is 3. The average molecular weight is 475 g/mol. The summed E-state index contributed by atoms with van der Waals surface area (Å²) in [5.41, 5.74) is 1.27. The molecule has 7 nitrogen and oxygen atoms in total. The smallest absolute Gasteiger partial charge is 0.293 e. The van der Waals surface area contributed by atoms with Gasteiger partial charge in [-0.15, -0.1) is 0 Å². The summed E-state index contributed by atoms with van der Waals surface area (Å²) >= 11 is 0.866. The molecule has 3 aromatic carbocycles. The highest BCUT2D eigenvalue weighted by atomic mass is 32.2. The number of hydrogen-bond acceptors (Lipinski definition) is 6. The van der Waals surface area contributed by atoms with Gasteiger partial charge in [0.15, 0.2) is 6.61 Å². The minimum Gasteiger partial charge on any atom is -0.492 e. The lowest BCUT2D eigenvalue weighted by Crippen LogP contribution is -2.32. The molecule has 0 saturated carbocycles. The van der Waals surface area contributed by atoms with Gasteiger partial charge in [0, 0.05) is 11.3 Å². The molecule has 1 aliphatic heterocycles. The Labute approximate surface area is 201 Å². The fourth-order valence-electron chi connectivity index (χ4n) is 3.20. The van der Waals surface area contributed by atoms with Crippen LogP contribution in [0.25, 0.3) is 6.08 Å². The molecule has 0 aromatic heterocycles. The number of ether oxygens (including phenoxy) is 2. The van der Waals surface area contributed by atoms with Gasteiger partial charge in [0.2, 0.25) is 0 Å². The second kappa shape index (κ2) is 11.2. The molecule has 1 heterocycles. The Morgan fingerprint density at radius 1 is 0.882 bits per heavy atom. The minimum absolute atomic E-state index is 0.148. The number of para-hydroxylation sites is 3. The Morgan fingerprint density at radius 2 is 1.56 bits per heavy atom. The highest BCUT2D eigenvalue weighted by Gasteiger charge is 2.35. The van der Waals surface area contributed by atoms with Gasteiger partial charge in [0.1, 0.15) is 18.1 Å². The predicted octanol–water partition coefficient (Wildman–Crippen LogP) is 4.82. The van der Waals surface area contributed by atoms with Crippen LogP contribution in [0.2, 0.25) is 0 Å². The number of nitrogens with zero attached hydrogens (tertiary/aromatic N) is 1. The van der Waals surface area contributed by atoms with Crippen molar-refractivity contribution in [2.24, 2.45) is 0 Å². The molecule has 0 aliphatic carbocycles. The Balaban J connectivity index is 1.37. The van der Waals surface area contributed by atoms with Crippen molar-refractivity contribution in [3.8, 4) is 11.5 Å². The first-order valence-corrected chi connectivity index (χ1v) is 11.4. The first-order valence-electron chi connectivity index (χ1n) is 10.6. The lowest BCUT2D eigenvalue weighted by atomic mass is 10.2. The lowest BCUT2D eigenvalue weighted by Gasteiger charge is -2.13. The van der Waals surface area contributed by atoms with Crippen molar-refractivity contribution in [3.05, 3.63) is 95.4 Å². The number of amides is 3. The van der Waals surface area contributed by atoms with Gasteiger partial charge in [-0.1, -0.05) is 54.6 Å². The first-order chi connectivity index (χ1) is 16.6. The van der Waals surface area contributed by atoms with E-state index in [0.29, 0.717) is 22.7 Å². The maximum Gasteiger partial charge on any atom is 0.293 e. The van der Waals surface area contributed by atoms with Crippen molar-refractivity contribution < 1.29 is 23.9 Å². The zero-order valence-corrected chi connectivity index (χ0v) is 19.0. The molecule has 8 heteroatoms. The second-order valence-electron chi connectivity index (χ2n) is 7.24. The van der Waals surface area contributed by atoms with Crippen molar-refractivity contribution in [3.63, 3.8) is 0 Å². The third-order valence-corrected chi connectivity index (χ3v) is 5.73. The van der Waals surface area contributed by atoms with Gasteiger partial charge in [-0.25, -0.2) is 0 Å². The highest BCUT2D eigenvalue weighted by Crippen LogP contribution is 2.33. The van der Waals surface area contributed by atoms with E-state index in [2.05, 4.69) is 5.32 Å². The molecule has 3 amide bonds. The number of nitrogens with one attached hydrogen (secondary N) is 1. The van der Waals surface area contributed by atoms with Crippen LogP contribution >= 0.6 is 11.8 Å². The number of hydrogen-bond donors (Lipinski definition) is 1. The Kier molecular flexibility index (Phi) is 7.62. The van der Waals surface area contributed by atoms with Crippen LogP contribution in [0.15, 0.2) is 89.8 Å². The number of rotatable bonds is 9. The third kappa shape index (κ3) is 6.05. The normalized spacial score (nSPS) is 14.4. The number of anilines is 1. The van der Waals surface area contributed by atoms with Gasteiger partial charge in [0.05, 0.1) is 11.4 Å². The van der Waals surface area contributed by atoms with Crippen LogP contribution in [-0.4, -0.2) is 41.7 Å². The maximum atomic E-state index is 12.8. The molecule has 1 saturated heterocycles. The summed E-state index contributed by atoms with van der Waals surface area (Å²) in [4.78, 5) is 38.8. The monoisotopic (exact) mass is 474 g/mol. The summed E-state index contributed by atoms with van der Waals surface area (Å²) in [6.45, 7) is 0.151. The van der Waals surface area contributed by atoms with Gasteiger partial charge in [-0.05, 0) is 48.2 Å². The lowest BCUT2D eigenvalue weighted by molar-refractivity contribution is -0.123. The molecule has 3 aromatic rings. The molecule has 0 unspecified atom stereocenters. The van der Waals surface area contributed by atoms with E-state index in [4.69, 9.17) is 9.47 Å². The average Bonchev–Trinajstić information content (AvgIpc) is 3.12. The van der Waals surface area contributed by atoms with E-state index in [1.807, 2.05) is 48.5 Å². The van der Waals surface area contributed by atoms with E-state index in [-0.39, 0.29) is 41.7 Å². The number of thioether (sulfide) groups is 1. The van der Waals surface area contributed by atoms with E-state index in [1.165, 1.54) is 0 Å². The summed E-state index contributed by atoms with van der Waals surface area (Å²) in [7, 11) is 0. The highest BCUT2D eigenvalue weighted by molar-refractivity contribution is 8.18. The van der Waals surface area contributed by atoms with E-state index >= 15 is 0 Å². The topological polar surface area (TPSA) is 84.9 Å². The van der Waals surface area contributed by atoms with Crippen molar-refractivity contribution in [1.82, 2.24) is 4.90 Å². The zero-order valence-electron chi connectivity index (χ0n) is 18.2. The first kappa shape index (κ1) is 23.1. The summed E-state index contributed by atoms with van der Waals surface area (Å²) in [5, 5.41) is 2.40. The van der Waals surface area contributed by atoms with Crippen LogP contribution in [-0.2, 0) is 9.59 Å². The van der Waals surface area contributed by atoms with E-state index in [9.17, 15) is 14.4 Å². The van der Waals surface area contributed by atoms with E-state index in [1.54, 1.807) is 42.5 Å². The van der Waals surface area contributed by atoms with Crippen LogP contribution in [0.1, 0.15) is 5.56 Å². The Morgan fingerprint density at radius 3 is 2.32 bits per heavy atom. The molecular formula is C26H22N2O5S. The number of benzene rings is 3. The van der Waals surface area contributed by atoms with Crippen molar-refractivity contribution in [1.29, 1.82) is 0 Å². The van der Waals surface area contributed by atoms with Crippen molar-refractivity contribution in [2.75, 3.05) is 25.1 Å². The van der Waals surface area contributed by atoms with Gasteiger partial charge in [-0.3, -0.25) is 19.3 Å². The van der Waals surface area contributed by atoms with Crippen molar-refractivity contribution >= 4 is 40.6 Å². The molecule has 4 rings (SSSR count). The van der Waals surface area contributed by atoms with Crippen LogP contribution in [0, 0.1) is 0 Å². The van der Waals surface area contributed by atoms with Crippen LogP contribution in [0.3, 0.4) is 0 Å². The zero-order chi connectivity index (χ0) is 23.8. The number of carbonyl (C=O) groups excluding carboxylic acids is 3. The van der Waals surface area contributed by atoms with E-state index in [0.717, 1.165) is 16.7 Å². The van der Waals surface area contributed by atoms with Gasteiger partial charge >= 0.3 is 0 Å². The minimum atomic E-state index is -0.386. The van der Waals surface area contributed by atoms with Gasteiger partial charge in [-0.2, -0.15) is 0 Å². The maximum absolute atomic E-state index is 12.8. The molecule has 0 atom stereocenters.